The third-order valence-corrected chi connectivity index (χ3v) is 6.34. The summed E-state index contributed by atoms with van der Waals surface area (Å²) in [6.07, 6.45) is 1.44. The second-order valence-corrected chi connectivity index (χ2v) is 9.54. The van der Waals surface area contributed by atoms with Crippen LogP contribution in [0.5, 0.6) is 17.2 Å². The molecule has 3 aromatic carbocycles. The molecule has 0 aliphatic rings. The van der Waals surface area contributed by atoms with Gasteiger partial charge in [0.1, 0.15) is 36.5 Å². The van der Waals surface area contributed by atoms with Gasteiger partial charge in [0.15, 0.2) is 0 Å². The topological polar surface area (TPSA) is 139 Å². The Balaban J connectivity index is 1.30. The molecule has 0 radical (unpaired) electrons. The third-order valence-electron chi connectivity index (χ3n) is 6.34. The van der Waals surface area contributed by atoms with Crippen molar-refractivity contribution in [2.75, 3.05) is 32.9 Å². The Kier molecular flexibility index (Phi) is 11.2. The number of benzene rings is 3. The minimum absolute atomic E-state index is 0.0869. The van der Waals surface area contributed by atoms with E-state index in [4.69, 9.17) is 14.2 Å². The van der Waals surface area contributed by atoms with Gasteiger partial charge in [0.25, 0.3) is 5.91 Å². The number of amides is 1. The van der Waals surface area contributed by atoms with Crippen LogP contribution in [0.3, 0.4) is 0 Å². The number of hydrogen-bond acceptors (Lipinski definition) is 9. The number of nitrogens with zero attached hydrogens (tertiary/aromatic N) is 1. The number of ether oxygens (including phenoxy) is 3. The SMILES string of the molecule is CCOC(=O)CNC(=O)c1ccc2c(Oc3ccc(C[C@@H](CO)NC[C@H](O)COc4ccccc4)cc3)ccnc2c1. The van der Waals surface area contributed by atoms with E-state index < -0.39 is 18.0 Å². The van der Waals surface area contributed by atoms with Crippen molar-refractivity contribution < 1.29 is 34.0 Å². The summed E-state index contributed by atoms with van der Waals surface area (Å²) in [5.41, 5.74) is 1.92. The van der Waals surface area contributed by atoms with Gasteiger partial charge in [-0.1, -0.05) is 30.3 Å². The van der Waals surface area contributed by atoms with E-state index in [1.807, 2.05) is 54.6 Å². The molecule has 0 aliphatic carbocycles. The van der Waals surface area contributed by atoms with E-state index in [1.165, 1.54) is 0 Å². The van der Waals surface area contributed by atoms with Crippen molar-refractivity contribution in [3.8, 4) is 17.2 Å². The highest BCUT2D eigenvalue weighted by atomic mass is 16.5. The molecule has 4 aromatic rings. The number of aliphatic hydroxyl groups excluding tert-OH is 2. The van der Waals surface area contributed by atoms with Crippen molar-refractivity contribution in [3.63, 3.8) is 0 Å². The lowest BCUT2D eigenvalue weighted by Crippen LogP contribution is -2.41. The smallest absolute Gasteiger partial charge is 0.325 e. The number of aromatic nitrogens is 1. The Morgan fingerprint density at radius 3 is 2.50 bits per heavy atom. The number of carbonyl (C=O) groups is 2. The number of fused-ring (bicyclic) bond motifs is 1. The Morgan fingerprint density at radius 2 is 1.76 bits per heavy atom. The molecule has 1 heterocycles. The van der Waals surface area contributed by atoms with Gasteiger partial charge < -0.3 is 35.1 Å². The predicted octanol–water partition coefficient (Wildman–Crippen LogP) is 3.25. The monoisotopic (exact) mass is 573 g/mol. The normalized spacial score (nSPS) is 12.4. The maximum absolute atomic E-state index is 12.4. The highest BCUT2D eigenvalue weighted by molar-refractivity contribution is 5.99. The van der Waals surface area contributed by atoms with E-state index in [0.717, 1.165) is 10.9 Å². The largest absolute Gasteiger partial charge is 0.491 e. The van der Waals surface area contributed by atoms with Crippen LogP contribution in [-0.2, 0) is 16.0 Å². The Labute approximate surface area is 244 Å². The highest BCUT2D eigenvalue weighted by Gasteiger charge is 2.14. The molecule has 0 fully saturated rings. The molecule has 4 rings (SSSR count). The molecular formula is C32H35N3O7. The number of hydrogen-bond donors (Lipinski definition) is 4. The fourth-order valence-corrected chi connectivity index (χ4v) is 4.20. The molecule has 0 spiro atoms. The summed E-state index contributed by atoms with van der Waals surface area (Å²) in [5, 5.41) is 26.5. The molecule has 2 atom stereocenters. The fraction of sp³-hybridized carbons (Fsp3) is 0.281. The standard InChI is InChI=1S/C32H35N3O7/c1-2-40-31(38)19-35-32(39)23-10-13-28-29(17-23)33-15-14-30(28)42-27-11-8-22(9-12-27)16-24(20-36)34-18-25(37)21-41-26-6-4-3-5-7-26/h3-15,17,24-25,34,36-37H,2,16,18-21H2,1H3,(H,35,39)/t24-,25-/m0/s1. The van der Waals surface area contributed by atoms with Crippen molar-refractivity contribution in [2.24, 2.45) is 0 Å². The summed E-state index contributed by atoms with van der Waals surface area (Å²) in [7, 11) is 0. The summed E-state index contributed by atoms with van der Waals surface area (Å²) < 4.78 is 16.5. The predicted molar refractivity (Wildman–Crippen MR) is 158 cm³/mol. The number of rotatable bonds is 15. The maximum atomic E-state index is 12.4. The molecule has 1 aromatic heterocycles. The number of carbonyl (C=O) groups excluding carboxylic acids is 2. The second-order valence-electron chi connectivity index (χ2n) is 9.54. The lowest BCUT2D eigenvalue weighted by molar-refractivity contribution is -0.141. The minimum Gasteiger partial charge on any atom is -0.491 e. The van der Waals surface area contributed by atoms with Crippen LogP contribution in [0.1, 0.15) is 22.8 Å². The van der Waals surface area contributed by atoms with Crippen molar-refractivity contribution in [3.05, 3.63) is 96.2 Å². The first kappa shape index (κ1) is 30.4. The summed E-state index contributed by atoms with van der Waals surface area (Å²) >= 11 is 0. The van der Waals surface area contributed by atoms with Crippen LogP contribution in [0.2, 0.25) is 0 Å². The van der Waals surface area contributed by atoms with E-state index >= 15 is 0 Å². The van der Waals surface area contributed by atoms with E-state index in [2.05, 4.69) is 15.6 Å². The quantitative estimate of drug-likeness (QED) is 0.158. The molecular weight excluding hydrogens is 538 g/mol. The van der Waals surface area contributed by atoms with Crippen LogP contribution in [0.15, 0.2) is 85.1 Å². The van der Waals surface area contributed by atoms with Crippen molar-refractivity contribution in [1.29, 1.82) is 0 Å². The first-order valence-corrected chi connectivity index (χ1v) is 13.7. The van der Waals surface area contributed by atoms with Crippen molar-refractivity contribution in [1.82, 2.24) is 15.6 Å². The van der Waals surface area contributed by atoms with Gasteiger partial charge in [-0.15, -0.1) is 0 Å². The number of esters is 1. The zero-order chi connectivity index (χ0) is 29.7. The zero-order valence-electron chi connectivity index (χ0n) is 23.4. The Hall–Kier alpha value is -4.51. The Bertz CT molecular complexity index is 1450. The number of pyridine rings is 1. The second kappa shape index (κ2) is 15.5. The molecule has 0 unspecified atom stereocenters. The van der Waals surface area contributed by atoms with E-state index in [1.54, 1.807) is 37.4 Å². The molecule has 220 valence electrons. The summed E-state index contributed by atoms with van der Waals surface area (Å²) in [6, 6.07) is 23.4. The van der Waals surface area contributed by atoms with E-state index in [0.29, 0.717) is 34.7 Å². The number of aliphatic hydroxyl groups is 2. The maximum Gasteiger partial charge on any atom is 0.325 e. The van der Waals surface area contributed by atoms with Crippen LogP contribution < -0.4 is 20.1 Å². The molecule has 10 heteroatoms. The van der Waals surface area contributed by atoms with Gasteiger partial charge in [-0.2, -0.15) is 0 Å². The number of para-hydroxylation sites is 1. The molecule has 10 nitrogen and oxygen atoms in total. The first-order chi connectivity index (χ1) is 20.4. The summed E-state index contributed by atoms with van der Waals surface area (Å²) in [4.78, 5) is 28.3. The van der Waals surface area contributed by atoms with Gasteiger partial charge in [-0.3, -0.25) is 14.6 Å². The van der Waals surface area contributed by atoms with Crippen LogP contribution in [0.25, 0.3) is 10.9 Å². The van der Waals surface area contributed by atoms with Gasteiger partial charge in [0.2, 0.25) is 0 Å². The van der Waals surface area contributed by atoms with Gasteiger partial charge in [-0.25, -0.2) is 0 Å². The van der Waals surface area contributed by atoms with E-state index in [9.17, 15) is 19.8 Å². The van der Waals surface area contributed by atoms with Gasteiger partial charge >= 0.3 is 5.97 Å². The van der Waals surface area contributed by atoms with Crippen LogP contribution in [0.4, 0.5) is 0 Å². The average Bonchev–Trinajstić information content (AvgIpc) is 3.02. The first-order valence-electron chi connectivity index (χ1n) is 13.7. The van der Waals surface area contributed by atoms with Gasteiger partial charge in [0, 0.05) is 29.7 Å². The molecule has 0 aliphatic heterocycles. The lowest BCUT2D eigenvalue weighted by atomic mass is 10.1. The molecule has 0 saturated heterocycles. The molecule has 42 heavy (non-hydrogen) atoms. The van der Waals surface area contributed by atoms with Crippen LogP contribution in [0, 0.1) is 0 Å². The third kappa shape index (κ3) is 9.00. The van der Waals surface area contributed by atoms with E-state index in [-0.39, 0.29) is 39.0 Å². The zero-order valence-corrected chi connectivity index (χ0v) is 23.4. The van der Waals surface area contributed by atoms with Crippen molar-refractivity contribution in [2.45, 2.75) is 25.5 Å². The lowest BCUT2D eigenvalue weighted by Gasteiger charge is -2.19. The molecule has 1 amide bonds. The van der Waals surface area contributed by atoms with Crippen molar-refractivity contribution >= 4 is 22.8 Å². The van der Waals surface area contributed by atoms with Gasteiger partial charge in [-0.05, 0) is 67.4 Å². The summed E-state index contributed by atoms with van der Waals surface area (Å²) in [6.45, 7) is 2.08. The molecule has 0 bridgehead atoms. The summed E-state index contributed by atoms with van der Waals surface area (Å²) in [5.74, 6) is 0.979. The molecule has 0 saturated carbocycles. The average molecular weight is 574 g/mol. The molecule has 4 N–H and O–H groups in total. The minimum atomic E-state index is -0.722. The highest BCUT2D eigenvalue weighted by Crippen LogP contribution is 2.29. The van der Waals surface area contributed by atoms with Crippen LogP contribution >= 0.6 is 0 Å². The van der Waals surface area contributed by atoms with Crippen LogP contribution in [-0.4, -0.2) is 72.1 Å². The number of nitrogens with one attached hydrogen (secondary N) is 2. The van der Waals surface area contributed by atoms with Gasteiger partial charge in [0.05, 0.1) is 18.7 Å². The fourth-order valence-electron chi connectivity index (χ4n) is 4.20. The Morgan fingerprint density at radius 1 is 0.976 bits per heavy atom.